The standard InChI is InChI=1S/2C15H19.C6H12.2ClH.Zr/c2*1-10(2)12-8-9-13(11(3)4)15-7-5-6-14(12)15;1-3-5-6-4-2;;;/h2*5-11H,1-4H3;1-6H2;2*1H;/q2*-1;-2;;;+2/p-2. The Kier molecular flexibility index (Phi) is 20.7. The Bertz CT molecular complexity index is 999. The second-order valence-electron chi connectivity index (χ2n) is 11.2. The number of benzene rings is 2. The van der Waals surface area contributed by atoms with Gasteiger partial charge in [-0.1, -0.05) is 103 Å². The summed E-state index contributed by atoms with van der Waals surface area (Å²) < 4.78 is 0. The summed E-state index contributed by atoms with van der Waals surface area (Å²) in [6.45, 7) is 25.5. The molecule has 0 N–H and O–H groups in total. The predicted molar refractivity (Wildman–Crippen MR) is 165 cm³/mol. The fraction of sp³-hybridized carbons (Fsp3) is 0.444. The summed E-state index contributed by atoms with van der Waals surface area (Å²) in [7, 11) is 0. The van der Waals surface area contributed by atoms with Crippen LogP contribution in [-0.2, 0) is 26.2 Å². The average molecular weight is 645 g/mol. The number of hydrogen-bond acceptors (Lipinski definition) is 0. The van der Waals surface area contributed by atoms with Gasteiger partial charge in [0, 0.05) is 0 Å². The van der Waals surface area contributed by atoms with Crippen LogP contribution in [0.4, 0.5) is 0 Å². The van der Waals surface area contributed by atoms with Gasteiger partial charge in [-0.25, -0.2) is 0 Å². The van der Waals surface area contributed by atoms with Gasteiger partial charge in [-0.15, -0.1) is 56.9 Å². The predicted octanol–water partition coefficient (Wildman–Crippen LogP) is 5.83. The topological polar surface area (TPSA) is 0 Å². The monoisotopic (exact) mass is 642 g/mol. The zero-order chi connectivity index (χ0) is 26.8. The number of unbranched alkanes of at least 4 members (excludes halogenated alkanes) is 3. The maximum absolute atomic E-state index is 3.70. The molecule has 0 spiro atoms. The first-order valence-electron chi connectivity index (χ1n) is 14.1. The van der Waals surface area contributed by atoms with E-state index in [1.165, 1.54) is 56.6 Å². The molecule has 0 heterocycles. The van der Waals surface area contributed by atoms with Crippen molar-refractivity contribution in [3.05, 3.63) is 96.8 Å². The summed E-state index contributed by atoms with van der Waals surface area (Å²) in [6.07, 6.45) is 4.61. The van der Waals surface area contributed by atoms with Gasteiger partial charge in [0.05, 0.1) is 0 Å². The van der Waals surface area contributed by atoms with Crippen LogP contribution in [0.25, 0.3) is 21.5 Å². The third-order valence-electron chi connectivity index (χ3n) is 7.00. The van der Waals surface area contributed by atoms with Crippen molar-refractivity contribution in [2.45, 2.75) is 105 Å². The third kappa shape index (κ3) is 11.1. The van der Waals surface area contributed by atoms with Crippen molar-refractivity contribution in [2.24, 2.45) is 0 Å². The molecule has 0 aromatic heterocycles. The Morgan fingerprint density at radius 3 is 1.05 bits per heavy atom. The van der Waals surface area contributed by atoms with Crippen LogP contribution >= 0.6 is 0 Å². The molecular formula is C36H50Cl2Zr-4. The Balaban J connectivity index is 0. The Labute approximate surface area is 272 Å². The normalized spacial score (nSPS) is 10.5. The number of fused-ring (bicyclic) bond motifs is 2. The molecule has 0 saturated heterocycles. The van der Waals surface area contributed by atoms with Crippen molar-refractivity contribution in [3.63, 3.8) is 0 Å². The molecule has 0 aliphatic rings. The van der Waals surface area contributed by atoms with Crippen LogP contribution in [0.1, 0.15) is 127 Å². The zero-order valence-corrected chi connectivity index (χ0v) is 29.6. The summed E-state index contributed by atoms with van der Waals surface area (Å²) in [5.41, 5.74) is 5.89. The number of halogens is 2. The van der Waals surface area contributed by atoms with Crippen LogP contribution in [0, 0.1) is 13.8 Å². The van der Waals surface area contributed by atoms with Gasteiger partial charge in [0.1, 0.15) is 0 Å². The molecule has 0 aliphatic carbocycles. The minimum Gasteiger partial charge on any atom is -1.00 e. The molecule has 0 unspecified atom stereocenters. The molecule has 0 saturated carbocycles. The molecule has 0 bridgehead atoms. The van der Waals surface area contributed by atoms with Gasteiger partial charge in [-0.05, 0) is 11.8 Å². The minimum atomic E-state index is 0. The fourth-order valence-electron chi connectivity index (χ4n) is 4.93. The van der Waals surface area contributed by atoms with Gasteiger partial charge in [-0.3, -0.25) is 0 Å². The Morgan fingerprint density at radius 1 is 0.513 bits per heavy atom. The van der Waals surface area contributed by atoms with Gasteiger partial charge in [-0.2, -0.15) is 37.1 Å². The van der Waals surface area contributed by atoms with E-state index in [1.54, 1.807) is 0 Å². The molecule has 0 aliphatic heterocycles. The van der Waals surface area contributed by atoms with Crippen LogP contribution in [0.15, 0.2) is 60.7 Å². The minimum absolute atomic E-state index is 0. The van der Waals surface area contributed by atoms with E-state index in [1.807, 2.05) is 0 Å². The van der Waals surface area contributed by atoms with E-state index in [-0.39, 0.29) is 51.0 Å². The van der Waals surface area contributed by atoms with Crippen LogP contribution < -0.4 is 24.8 Å². The number of rotatable bonds is 7. The van der Waals surface area contributed by atoms with Gasteiger partial charge in [0.15, 0.2) is 0 Å². The van der Waals surface area contributed by atoms with Crippen LogP contribution in [0.3, 0.4) is 0 Å². The van der Waals surface area contributed by atoms with Crippen molar-refractivity contribution in [3.8, 4) is 0 Å². The first-order chi connectivity index (χ1) is 17.1. The quantitative estimate of drug-likeness (QED) is 0.176. The molecule has 0 fully saturated rings. The average Bonchev–Trinajstić information content (AvgIpc) is 3.51. The molecule has 216 valence electrons. The van der Waals surface area contributed by atoms with E-state index in [4.69, 9.17) is 0 Å². The summed E-state index contributed by atoms with van der Waals surface area (Å²) in [4.78, 5) is 0. The van der Waals surface area contributed by atoms with Crippen LogP contribution in [-0.4, -0.2) is 0 Å². The Hall–Kier alpha value is -0.877. The van der Waals surface area contributed by atoms with Crippen LogP contribution in [0.2, 0.25) is 0 Å². The van der Waals surface area contributed by atoms with Crippen molar-refractivity contribution >= 4 is 21.5 Å². The summed E-state index contributed by atoms with van der Waals surface area (Å²) in [5.74, 6) is 2.43. The summed E-state index contributed by atoms with van der Waals surface area (Å²) in [5, 5.41) is 5.76. The maximum atomic E-state index is 3.70. The first kappa shape index (κ1) is 40.3. The van der Waals surface area contributed by atoms with Gasteiger partial charge in [0.25, 0.3) is 0 Å². The number of hydrogen-bond donors (Lipinski definition) is 0. The molecule has 0 radical (unpaired) electrons. The van der Waals surface area contributed by atoms with Crippen molar-refractivity contribution in [1.82, 2.24) is 0 Å². The molecule has 3 heteroatoms. The molecule has 39 heavy (non-hydrogen) atoms. The smallest absolute Gasteiger partial charge is 1.00 e. The van der Waals surface area contributed by atoms with E-state index >= 15 is 0 Å². The molecular weight excluding hydrogens is 595 g/mol. The molecule has 0 amide bonds. The second kappa shape index (κ2) is 20.1. The molecule has 4 rings (SSSR count). The van der Waals surface area contributed by atoms with E-state index in [0.29, 0.717) is 23.7 Å². The van der Waals surface area contributed by atoms with Gasteiger partial charge in [0.2, 0.25) is 0 Å². The molecule has 4 aromatic carbocycles. The maximum Gasteiger partial charge on any atom is 2.00 e. The van der Waals surface area contributed by atoms with E-state index in [9.17, 15) is 0 Å². The SMILES string of the molecule is CC(C)c1ccc(C(C)C)c2[cH-]ccc12.CC(C)c1ccc(C(C)C)c2[cH-]ccc12.[CH2-]CCCC[CH2-].[Cl-].[Cl-].[Zr+2]. The molecule has 0 nitrogen and oxygen atoms in total. The van der Waals surface area contributed by atoms with Crippen molar-refractivity contribution in [1.29, 1.82) is 0 Å². The van der Waals surface area contributed by atoms with E-state index in [2.05, 4.69) is 130 Å². The van der Waals surface area contributed by atoms with Crippen molar-refractivity contribution in [2.75, 3.05) is 0 Å². The first-order valence-corrected chi connectivity index (χ1v) is 14.1. The third-order valence-corrected chi connectivity index (χ3v) is 7.00. The van der Waals surface area contributed by atoms with Crippen LogP contribution in [0.5, 0.6) is 0 Å². The summed E-state index contributed by atoms with van der Waals surface area (Å²) >= 11 is 0. The van der Waals surface area contributed by atoms with E-state index < -0.39 is 0 Å². The van der Waals surface area contributed by atoms with E-state index in [0.717, 1.165) is 12.8 Å². The molecule has 0 atom stereocenters. The second-order valence-corrected chi connectivity index (χ2v) is 11.2. The largest absolute Gasteiger partial charge is 2.00 e. The summed E-state index contributed by atoms with van der Waals surface area (Å²) in [6, 6.07) is 22.5. The molecule has 4 aromatic rings. The fourth-order valence-corrected chi connectivity index (χ4v) is 4.93. The van der Waals surface area contributed by atoms with Crippen molar-refractivity contribution < 1.29 is 51.0 Å². The van der Waals surface area contributed by atoms with Gasteiger partial charge >= 0.3 is 26.2 Å². The van der Waals surface area contributed by atoms with Gasteiger partial charge < -0.3 is 38.7 Å². The zero-order valence-electron chi connectivity index (χ0n) is 25.6. The Morgan fingerprint density at radius 2 is 0.795 bits per heavy atom.